The maximum absolute atomic E-state index is 12.4. The molecule has 1 aromatic carbocycles. The van der Waals surface area contributed by atoms with Crippen molar-refractivity contribution in [1.82, 2.24) is 10.3 Å². The Morgan fingerprint density at radius 1 is 1.37 bits per heavy atom. The summed E-state index contributed by atoms with van der Waals surface area (Å²) in [6.07, 6.45) is 3.30. The number of hydrogen-bond donors (Lipinski definition) is 1. The zero-order valence-electron chi connectivity index (χ0n) is 15.3. The molecule has 1 fully saturated rings. The number of furan rings is 1. The van der Waals surface area contributed by atoms with Crippen molar-refractivity contribution in [3.8, 4) is 5.75 Å². The summed E-state index contributed by atoms with van der Waals surface area (Å²) in [4.78, 5) is 19.4. The molecule has 7 heteroatoms. The van der Waals surface area contributed by atoms with Crippen molar-refractivity contribution in [2.24, 2.45) is 5.92 Å². The number of hydrogen-bond acceptors (Lipinski definition) is 6. The summed E-state index contributed by atoms with van der Waals surface area (Å²) in [6.45, 7) is 4.78. The van der Waals surface area contributed by atoms with E-state index in [-0.39, 0.29) is 11.8 Å². The van der Waals surface area contributed by atoms with Gasteiger partial charge in [-0.25, -0.2) is 4.98 Å². The first-order chi connectivity index (χ1) is 13.2. The van der Waals surface area contributed by atoms with E-state index in [4.69, 9.17) is 14.1 Å². The summed E-state index contributed by atoms with van der Waals surface area (Å²) < 4.78 is 12.0. The molecule has 0 radical (unpaired) electrons. The fraction of sp³-hybridized carbons (Fsp3) is 0.400. The van der Waals surface area contributed by atoms with E-state index < -0.39 is 0 Å². The quantitative estimate of drug-likeness (QED) is 0.699. The van der Waals surface area contributed by atoms with E-state index >= 15 is 0 Å². The molecule has 1 amide bonds. The fourth-order valence-electron chi connectivity index (χ4n) is 3.35. The van der Waals surface area contributed by atoms with Crippen LogP contribution in [0.5, 0.6) is 5.75 Å². The van der Waals surface area contributed by atoms with Gasteiger partial charge in [-0.05, 0) is 50.1 Å². The number of thiazole rings is 1. The minimum Gasteiger partial charge on any atom is -0.494 e. The molecule has 0 atom stereocenters. The number of carbonyl (C=O) groups excluding carboxylic acids is 1. The molecule has 27 heavy (non-hydrogen) atoms. The van der Waals surface area contributed by atoms with Crippen LogP contribution >= 0.6 is 11.3 Å². The van der Waals surface area contributed by atoms with Gasteiger partial charge in [0, 0.05) is 19.0 Å². The second-order valence-electron chi connectivity index (χ2n) is 6.62. The van der Waals surface area contributed by atoms with E-state index in [2.05, 4.69) is 16.3 Å². The maximum atomic E-state index is 12.4. The second-order valence-corrected chi connectivity index (χ2v) is 7.63. The molecule has 3 heterocycles. The number of amides is 1. The van der Waals surface area contributed by atoms with E-state index in [1.807, 2.05) is 31.2 Å². The van der Waals surface area contributed by atoms with Crippen LogP contribution in [0, 0.1) is 5.92 Å². The van der Waals surface area contributed by atoms with Gasteiger partial charge in [0.25, 0.3) is 0 Å². The van der Waals surface area contributed by atoms with Crippen molar-refractivity contribution in [2.75, 3.05) is 24.6 Å². The summed E-state index contributed by atoms with van der Waals surface area (Å²) in [5, 5.41) is 3.99. The van der Waals surface area contributed by atoms with Crippen LogP contribution in [0.4, 0.5) is 5.13 Å². The van der Waals surface area contributed by atoms with E-state index in [9.17, 15) is 4.79 Å². The summed E-state index contributed by atoms with van der Waals surface area (Å²) >= 11 is 1.68. The van der Waals surface area contributed by atoms with Crippen molar-refractivity contribution < 1.29 is 13.9 Å². The van der Waals surface area contributed by atoms with Gasteiger partial charge in [0.15, 0.2) is 5.13 Å². The first-order valence-electron chi connectivity index (χ1n) is 9.31. The zero-order chi connectivity index (χ0) is 18.6. The van der Waals surface area contributed by atoms with Gasteiger partial charge in [-0.3, -0.25) is 4.79 Å². The molecule has 1 saturated heterocycles. The highest BCUT2D eigenvalue weighted by Crippen LogP contribution is 2.33. The number of benzene rings is 1. The van der Waals surface area contributed by atoms with Crippen molar-refractivity contribution in [1.29, 1.82) is 0 Å². The van der Waals surface area contributed by atoms with Gasteiger partial charge in [0.2, 0.25) is 5.91 Å². The highest BCUT2D eigenvalue weighted by atomic mass is 32.1. The average Bonchev–Trinajstić information content (AvgIpc) is 3.36. The van der Waals surface area contributed by atoms with Crippen molar-refractivity contribution >= 4 is 32.6 Å². The molecule has 0 saturated carbocycles. The Balaban J connectivity index is 1.34. The minimum atomic E-state index is 0.0511. The maximum Gasteiger partial charge on any atom is 0.223 e. The lowest BCUT2D eigenvalue weighted by Crippen LogP contribution is -2.40. The Kier molecular flexibility index (Phi) is 5.29. The lowest BCUT2D eigenvalue weighted by molar-refractivity contribution is -0.125. The van der Waals surface area contributed by atoms with Crippen LogP contribution in [0.25, 0.3) is 10.2 Å². The van der Waals surface area contributed by atoms with Gasteiger partial charge >= 0.3 is 0 Å². The van der Waals surface area contributed by atoms with Gasteiger partial charge in [0.1, 0.15) is 11.5 Å². The van der Waals surface area contributed by atoms with Gasteiger partial charge < -0.3 is 19.4 Å². The smallest absolute Gasteiger partial charge is 0.223 e. The Morgan fingerprint density at radius 2 is 2.22 bits per heavy atom. The number of nitrogens with one attached hydrogen (secondary N) is 1. The van der Waals surface area contributed by atoms with Crippen LogP contribution in [0.15, 0.2) is 41.0 Å². The number of fused-ring (bicyclic) bond motifs is 1. The summed E-state index contributed by atoms with van der Waals surface area (Å²) in [7, 11) is 0. The molecule has 1 N–H and O–H groups in total. The molecule has 2 aromatic heterocycles. The van der Waals surface area contributed by atoms with E-state index in [1.165, 1.54) is 0 Å². The van der Waals surface area contributed by atoms with Crippen LogP contribution in [-0.4, -0.2) is 30.6 Å². The number of ether oxygens (including phenoxy) is 1. The largest absolute Gasteiger partial charge is 0.494 e. The van der Waals surface area contributed by atoms with Crippen molar-refractivity contribution in [2.45, 2.75) is 26.3 Å². The van der Waals surface area contributed by atoms with Crippen LogP contribution in [-0.2, 0) is 11.3 Å². The topological polar surface area (TPSA) is 67.6 Å². The van der Waals surface area contributed by atoms with Crippen LogP contribution in [0.2, 0.25) is 0 Å². The molecule has 4 rings (SSSR count). The third kappa shape index (κ3) is 4.08. The molecular formula is C20H23N3O3S. The van der Waals surface area contributed by atoms with Gasteiger partial charge in [-0.2, -0.15) is 0 Å². The molecular weight excluding hydrogens is 362 g/mol. The van der Waals surface area contributed by atoms with E-state index in [0.29, 0.717) is 13.2 Å². The molecule has 0 spiro atoms. The van der Waals surface area contributed by atoms with Crippen LogP contribution in [0.3, 0.4) is 0 Å². The first-order valence-corrected chi connectivity index (χ1v) is 10.1. The lowest BCUT2D eigenvalue weighted by Gasteiger charge is -2.30. The number of aromatic nitrogens is 1. The van der Waals surface area contributed by atoms with Gasteiger partial charge in [-0.15, -0.1) is 0 Å². The predicted octanol–water partition coefficient (Wildman–Crippen LogP) is 3.82. The second kappa shape index (κ2) is 8.00. The van der Waals surface area contributed by atoms with Crippen molar-refractivity contribution in [3.63, 3.8) is 0 Å². The Bertz CT molecular complexity index is 898. The molecule has 1 aliphatic rings. The summed E-state index contributed by atoms with van der Waals surface area (Å²) in [5.74, 6) is 1.82. The highest BCUT2D eigenvalue weighted by Gasteiger charge is 2.26. The number of anilines is 1. The first kappa shape index (κ1) is 17.9. The third-order valence-corrected chi connectivity index (χ3v) is 5.89. The zero-order valence-corrected chi connectivity index (χ0v) is 16.1. The molecule has 3 aromatic rings. The molecule has 142 valence electrons. The molecule has 6 nitrogen and oxygen atoms in total. The predicted molar refractivity (Wildman–Crippen MR) is 106 cm³/mol. The average molecular weight is 385 g/mol. The minimum absolute atomic E-state index is 0.0511. The number of carbonyl (C=O) groups is 1. The normalized spacial score (nSPS) is 15.2. The van der Waals surface area contributed by atoms with Crippen LogP contribution < -0.4 is 15.0 Å². The molecule has 0 aliphatic carbocycles. The number of rotatable bonds is 6. The Morgan fingerprint density at radius 3 is 2.96 bits per heavy atom. The van der Waals surface area contributed by atoms with Crippen molar-refractivity contribution in [3.05, 3.63) is 42.4 Å². The summed E-state index contributed by atoms with van der Waals surface area (Å²) in [5.41, 5.74) is 0.997. The van der Waals surface area contributed by atoms with Gasteiger partial charge in [0.05, 0.1) is 29.6 Å². The molecule has 0 bridgehead atoms. The number of nitrogens with zero attached hydrogens (tertiary/aromatic N) is 2. The monoisotopic (exact) mass is 385 g/mol. The lowest BCUT2D eigenvalue weighted by atomic mass is 9.96. The molecule has 1 aliphatic heterocycles. The Labute approximate surface area is 162 Å². The fourth-order valence-corrected chi connectivity index (χ4v) is 4.39. The van der Waals surface area contributed by atoms with E-state index in [0.717, 1.165) is 52.8 Å². The SMILES string of the molecule is CCOc1ccc2nc(N3CCC(C(=O)NCc4ccco4)CC3)sc2c1. The van der Waals surface area contributed by atoms with E-state index in [1.54, 1.807) is 17.6 Å². The molecule has 0 unspecified atom stereocenters. The summed E-state index contributed by atoms with van der Waals surface area (Å²) in [6, 6.07) is 9.72. The highest BCUT2D eigenvalue weighted by molar-refractivity contribution is 7.22. The van der Waals surface area contributed by atoms with Gasteiger partial charge in [-0.1, -0.05) is 11.3 Å². The number of piperidine rings is 1. The Hall–Kier alpha value is -2.54. The van der Waals surface area contributed by atoms with Crippen LogP contribution in [0.1, 0.15) is 25.5 Å². The third-order valence-electron chi connectivity index (χ3n) is 4.81. The standard InChI is InChI=1S/C20H23N3O3S/c1-2-25-15-5-6-17-18(12-15)27-20(22-17)23-9-7-14(8-10-23)19(24)21-13-16-4-3-11-26-16/h3-6,11-12,14H,2,7-10,13H2,1H3,(H,21,24).